The number of thioether (sulfide) groups is 1. The third kappa shape index (κ3) is 2.82. The lowest BCUT2D eigenvalue weighted by Gasteiger charge is -2.46. The molecule has 0 radical (unpaired) electrons. The van der Waals surface area contributed by atoms with Crippen molar-refractivity contribution < 1.29 is 13.9 Å². The first-order valence-electron chi connectivity index (χ1n) is 7.63. The molecule has 1 amide bonds. The largest absolute Gasteiger partial charge is 0.471 e. The van der Waals surface area contributed by atoms with Gasteiger partial charge in [0.25, 0.3) is 11.8 Å². The molecule has 0 aromatic carbocycles. The van der Waals surface area contributed by atoms with Crippen LogP contribution in [0.15, 0.2) is 36.8 Å². The van der Waals surface area contributed by atoms with E-state index in [1.54, 1.807) is 35.1 Å². The van der Waals surface area contributed by atoms with Crippen LogP contribution in [0.1, 0.15) is 17.0 Å². The molecule has 0 bridgehead atoms. The third-order valence-corrected chi connectivity index (χ3v) is 5.76. The van der Waals surface area contributed by atoms with Crippen LogP contribution in [0, 0.1) is 5.82 Å². The molecule has 2 aliphatic rings. The lowest BCUT2D eigenvalue weighted by atomic mass is 9.93. The summed E-state index contributed by atoms with van der Waals surface area (Å²) in [5.41, 5.74) is 0. The fraction of sp³-hybridized carbons (Fsp3) is 0.375. The zero-order valence-electron chi connectivity index (χ0n) is 12.8. The van der Waals surface area contributed by atoms with E-state index in [0.29, 0.717) is 13.1 Å². The average molecular weight is 346 g/mol. The monoisotopic (exact) mass is 346 g/mol. The molecule has 1 spiro atoms. The highest BCUT2D eigenvalue weighted by molar-refractivity contribution is 8.01. The summed E-state index contributed by atoms with van der Waals surface area (Å²) < 4.78 is 19.3. The predicted molar refractivity (Wildman–Crippen MR) is 86.4 cm³/mol. The van der Waals surface area contributed by atoms with Crippen LogP contribution in [0.3, 0.4) is 0 Å². The summed E-state index contributed by atoms with van der Waals surface area (Å²) >= 11 is 1.77. The molecule has 2 aromatic rings. The molecule has 2 aromatic heterocycles. The fourth-order valence-corrected chi connectivity index (χ4v) is 4.58. The zero-order chi connectivity index (χ0) is 16.6. The van der Waals surface area contributed by atoms with Crippen LogP contribution >= 0.6 is 11.8 Å². The molecule has 4 heterocycles. The van der Waals surface area contributed by atoms with E-state index in [9.17, 15) is 9.18 Å². The molecule has 2 fully saturated rings. The molecule has 6 nitrogen and oxygen atoms in total. The number of pyridine rings is 1. The number of likely N-dealkylation sites (tertiary alicyclic amines) is 1. The maximum absolute atomic E-state index is 13.6. The molecule has 0 aliphatic carbocycles. The summed E-state index contributed by atoms with van der Waals surface area (Å²) in [7, 11) is 0. The van der Waals surface area contributed by atoms with Crippen LogP contribution in [0.25, 0.3) is 0 Å². The van der Waals surface area contributed by atoms with Gasteiger partial charge in [-0.3, -0.25) is 4.79 Å². The van der Waals surface area contributed by atoms with Gasteiger partial charge in [0.1, 0.15) is 6.10 Å². The molecule has 8 heteroatoms. The number of carbonyl (C=O) groups excluding carboxylic acids is 1. The topological polar surface area (TPSA) is 68.2 Å². The van der Waals surface area contributed by atoms with Crippen molar-refractivity contribution in [2.75, 3.05) is 18.8 Å². The van der Waals surface area contributed by atoms with Gasteiger partial charge in [-0.2, -0.15) is 0 Å². The van der Waals surface area contributed by atoms with E-state index in [-0.39, 0.29) is 28.5 Å². The van der Waals surface area contributed by atoms with Crippen molar-refractivity contribution in [3.63, 3.8) is 0 Å². The van der Waals surface area contributed by atoms with Crippen molar-refractivity contribution in [1.29, 1.82) is 0 Å². The highest BCUT2D eigenvalue weighted by Crippen LogP contribution is 2.46. The van der Waals surface area contributed by atoms with E-state index < -0.39 is 5.82 Å². The van der Waals surface area contributed by atoms with E-state index in [0.717, 1.165) is 12.2 Å². The Morgan fingerprint density at radius 2 is 2.00 bits per heavy atom. The van der Waals surface area contributed by atoms with Gasteiger partial charge in [-0.25, -0.2) is 19.3 Å². The van der Waals surface area contributed by atoms with Crippen molar-refractivity contribution in [1.82, 2.24) is 19.9 Å². The van der Waals surface area contributed by atoms with Crippen LogP contribution in [-0.2, 0) is 0 Å². The third-order valence-electron chi connectivity index (χ3n) is 4.18. The summed E-state index contributed by atoms with van der Waals surface area (Å²) in [6.45, 7) is 1.28. The van der Waals surface area contributed by atoms with Crippen LogP contribution in [0.5, 0.6) is 5.88 Å². The van der Waals surface area contributed by atoms with E-state index in [1.807, 2.05) is 0 Å². The second-order valence-electron chi connectivity index (χ2n) is 5.96. The molecule has 0 saturated carbocycles. The Morgan fingerprint density at radius 3 is 2.75 bits per heavy atom. The quantitative estimate of drug-likeness (QED) is 0.844. The van der Waals surface area contributed by atoms with Gasteiger partial charge in [-0.15, -0.1) is 11.8 Å². The summed E-state index contributed by atoms with van der Waals surface area (Å²) in [4.78, 5) is 25.9. The second-order valence-corrected chi connectivity index (χ2v) is 7.45. The molecular weight excluding hydrogens is 331 g/mol. The number of rotatable bonds is 3. The lowest BCUT2D eigenvalue weighted by molar-refractivity contribution is 0.0502. The summed E-state index contributed by atoms with van der Waals surface area (Å²) in [6.07, 6.45) is 5.31. The van der Waals surface area contributed by atoms with Crippen molar-refractivity contribution in [3.05, 3.63) is 48.4 Å². The Morgan fingerprint density at radius 1 is 1.25 bits per heavy atom. The smallest absolute Gasteiger partial charge is 0.291 e. The number of amides is 1. The molecule has 0 N–H and O–H groups in total. The second kappa shape index (κ2) is 6.01. The molecule has 2 saturated heterocycles. The molecule has 0 unspecified atom stereocenters. The van der Waals surface area contributed by atoms with E-state index in [2.05, 4.69) is 15.0 Å². The van der Waals surface area contributed by atoms with Crippen molar-refractivity contribution >= 4 is 17.7 Å². The summed E-state index contributed by atoms with van der Waals surface area (Å²) in [5, 5.41) is 0. The molecule has 1 atom stereocenters. The Kier molecular flexibility index (Phi) is 3.84. The number of nitrogens with zero attached hydrogens (tertiary/aromatic N) is 4. The SMILES string of the molecule is O=C(c1ncccn1)N1CC2(C[C@H](Oc3ncccc3F)CS2)C1. The molecule has 4 rings (SSSR count). The van der Waals surface area contributed by atoms with Gasteiger partial charge in [0.05, 0.1) is 4.75 Å². The molecule has 2 aliphatic heterocycles. The van der Waals surface area contributed by atoms with Crippen LogP contribution in [0.4, 0.5) is 4.39 Å². The van der Waals surface area contributed by atoms with Gasteiger partial charge in [-0.1, -0.05) is 0 Å². The zero-order valence-corrected chi connectivity index (χ0v) is 13.6. The first-order chi connectivity index (χ1) is 11.7. The minimum atomic E-state index is -0.449. The number of hydrogen-bond donors (Lipinski definition) is 0. The Hall–Kier alpha value is -2.22. The summed E-state index contributed by atoms with van der Waals surface area (Å²) in [5.74, 6) is 0.431. The maximum Gasteiger partial charge on any atom is 0.291 e. The Balaban J connectivity index is 1.35. The number of aromatic nitrogens is 3. The predicted octanol–water partition coefficient (Wildman–Crippen LogP) is 1.79. The standard InChI is InChI=1S/C16H15FN4O2S/c17-12-3-1-4-20-14(12)23-11-7-16(24-8-11)9-21(10-16)15(22)13-18-5-2-6-19-13/h1-6,11H,7-10H2/t11-/m0/s1. The number of ether oxygens (including phenoxy) is 1. The van der Waals surface area contributed by atoms with Gasteiger partial charge >= 0.3 is 0 Å². The number of carbonyl (C=O) groups is 1. The van der Waals surface area contributed by atoms with Gasteiger partial charge < -0.3 is 9.64 Å². The number of hydrogen-bond acceptors (Lipinski definition) is 6. The number of halogens is 1. The summed E-state index contributed by atoms with van der Waals surface area (Å²) in [6, 6.07) is 4.55. The normalized spacial score (nSPS) is 21.5. The Labute approximate surface area is 142 Å². The fourth-order valence-electron chi connectivity index (χ4n) is 3.06. The van der Waals surface area contributed by atoms with Gasteiger partial charge in [0.2, 0.25) is 5.82 Å². The first kappa shape index (κ1) is 15.3. The van der Waals surface area contributed by atoms with Crippen LogP contribution < -0.4 is 4.74 Å². The highest BCUT2D eigenvalue weighted by atomic mass is 32.2. The van der Waals surface area contributed by atoms with Crippen LogP contribution in [0.2, 0.25) is 0 Å². The molecular formula is C16H15FN4O2S. The Bertz CT molecular complexity index is 755. The molecule has 124 valence electrons. The van der Waals surface area contributed by atoms with Crippen molar-refractivity contribution in [2.45, 2.75) is 17.3 Å². The van der Waals surface area contributed by atoms with Crippen molar-refractivity contribution in [2.24, 2.45) is 0 Å². The average Bonchev–Trinajstić information content (AvgIpc) is 3.00. The van der Waals surface area contributed by atoms with E-state index in [1.165, 1.54) is 18.3 Å². The molecule has 24 heavy (non-hydrogen) atoms. The highest BCUT2D eigenvalue weighted by Gasteiger charge is 2.51. The van der Waals surface area contributed by atoms with E-state index >= 15 is 0 Å². The van der Waals surface area contributed by atoms with Crippen LogP contribution in [-0.4, -0.2) is 55.5 Å². The minimum absolute atomic E-state index is 0.0135. The van der Waals surface area contributed by atoms with Gasteiger partial charge in [0, 0.05) is 43.9 Å². The maximum atomic E-state index is 13.6. The van der Waals surface area contributed by atoms with Crippen molar-refractivity contribution in [3.8, 4) is 5.88 Å². The van der Waals surface area contributed by atoms with E-state index in [4.69, 9.17) is 4.74 Å². The minimum Gasteiger partial charge on any atom is -0.471 e. The first-order valence-corrected chi connectivity index (χ1v) is 8.61. The van der Waals surface area contributed by atoms with Gasteiger partial charge in [0.15, 0.2) is 5.82 Å². The lowest BCUT2D eigenvalue weighted by Crippen LogP contribution is -2.61. The van der Waals surface area contributed by atoms with Gasteiger partial charge in [-0.05, 0) is 18.2 Å².